The molecule has 0 spiro atoms. The van der Waals surface area contributed by atoms with E-state index in [0.29, 0.717) is 11.5 Å². The molecule has 0 heterocycles. The summed E-state index contributed by atoms with van der Waals surface area (Å²) in [5.41, 5.74) is 7.10. The maximum atomic E-state index is 10.9. The van der Waals surface area contributed by atoms with Crippen LogP contribution >= 0.6 is 0 Å². The summed E-state index contributed by atoms with van der Waals surface area (Å²) < 4.78 is 0. The average molecular weight is 175 g/mol. The Hall–Kier alpha value is -1.31. The highest BCUT2D eigenvalue weighted by Crippen LogP contribution is 2.36. The van der Waals surface area contributed by atoms with Gasteiger partial charge in [0.15, 0.2) is 0 Å². The predicted octanol–water partition coefficient (Wildman–Crippen LogP) is 2.05. The summed E-state index contributed by atoms with van der Waals surface area (Å²) in [5.74, 6) is 0.334. The normalized spacial score (nSPS) is 16.6. The highest BCUT2D eigenvalue weighted by atomic mass is 16.1. The molecule has 1 amide bonds. The molecule has 1 aliphatic rings. The van der Waals surface area contributed by atoms with Crippen molar-refractivity contribution in [2.75, 3.05) is 0 Å². The van der Waals surface area contributed by atoms with Gasteiger partial charge in [-0.05, 0) is 36.5 Å². The molecule has 1 saturated carbocycles. The van der Waals surface area contributed by atoms with Gasteiger partial charge in [0.1, 0.15) is 0 Å². The second kappa shape index (κ2) is 3.21. The average Bonchev–Trinajstić information content (AvgIpc) is 2.01. The van der Waals surface area contributed by atoms with E-state index in [2.05, 4.69) is 6.07 Å². The topological polar surface area (TPSA) is 43.1 Å². The number of amides is 1. The lowest BCUT2D eigenvalue weighted by Crippen LogP contribution is -2.13. The monoisotopic (exact) mass is 175 g/mol. The summed E-state index contributed by atoms with van der Waals surface area (Å²) in [6.45, 7) is 0. The molecule has 1 aromatic carbocycles. The largest absolute Gasteiger partial charge is 0.366 e. The first-order valence-electron chi connectivity index (χ1n) is 4.67. The molecule has 68 valence electrons. The van der Waals surface area contributed by atoms with E-state index in [1.54, 1.807) is 6.07 Å². The summed E-state index contributed by atoms with van der Waals surface area (Å²) in [6, 6.07) is 7.68. The van der Waals surface area contributed by atoms with Crippen molar-refractivity contribution in [1.29, 1.82) is 0 Å². The quantitative estimate of drug-likeness (QED) is 0.734. The molecular formula is C11H13NO. The highest BCUT2D eigenvalue weighted by molar-refractivity contribution is 5.92. The van der Waals surface area contributed by atoms with Crippen LogP contribution < -0.4 is 5.73 Å². The van der Waals surface area contributed by atoms with Crippen LogP contribution in [-0.2, 0) is 0 Å². The lowest BCUT2D eigenvalue weighted by Gasteiger charge is -2.25. The molecule has 2 heteroatoms. The predicted molar refractivity (Wildman–Crippen MR) is 51.6 cm³/mol. The molecule has 0 aliphatic heterocycles. The fraction of sp³-hybridized carbons (Fsp3) is 0.364. The van der Waals surface area contributed by atoms with Crippen LogP contribution in [-0.4, -0.2) is 5.91 Å². The van der Waals surface area contributed by atoms with Gasteiger partial charge < -0.3 is 5.73 Å². The smallest absolute Gasteiger partial charge is 0.248 e. The van der Waals surface area contributed by atoms with Gasteiger partial charge in [-0.15, -0.1) is 0 Å². The third-order valence-corrected chi connectivity index (χ3v) is 2.75. The number of hydrogen-bond acceptors (Lipinski definition) is 1. The highest BCUT2D eigenvalue weighted by Gasteiger charge is 2.19. The minimum Gasteiger partial charge on any atom is -0.366 e. The fourth-order valence-corrected chi connectivity index (χ4v) is 1.69. The number of carbonyl (C=O) groups excluding carboxylic acids is 1. The van der Waals surface area contributed by atoms with Crippen molar-refractivity contribution in [3.63, 3.8) is 0 Å². The molecular weight excluding hydrogens is 162 g/mol. The Labute approximate surface area is 77.8 Å². The zero-order valence-electron chi connectivity index (χ0n) is 7.49. The van der Waals surface area contributed by atoms with E-state index in [1.807, 2.05) is 12.1 Å². The molecule has 0 unspecified atom stereocenters. The molecule has 0 saturated heterocycles. The SMILES string of the molecule is NC(=O)c1cccc(C2CCC2)c1. The Morgan fingerprint density at radius 2 is 2.15 bits per heavy atom. The van der Waals surface area contributed by atoms with E-state index >= 15 is 0 Å². The van der Waals surface area contributed by atoms with Crippen molar-refractivity contribution in [3.8, 4) is 0 Å². The van der Waals surface area contributed by atoms with Gasteiger partial charge in [-0.25, -0.2) is 0 Å². The van der Waals surface area contributed by atoms with Gasteiger partial charge in [-0.2, -0.15) is 0 Å². The van der Waals surface area contributed by atoms with E-state index in [0.717, 1.165) is 0 Å². The molecule has 0 radical (unpaired) electrons. The third-order valence-electron chi connectivity index (χ3n) is 2.75. The maximum Gasteiger partial charge on any atom is 0.248 e. The lowest BCUT2D eigenvalue weighted by molar-refractivity contribution is 0.1000. The van der Waals surface area contributed by atoms with E-state index in [1.165, 1.54) is 24.8 Å². The first-order valence-corrected chi connectivity index (χ1v) is 4.67. The molecule has 1 aromatic rings. The Morgan fingerprint density at radius 3 is 2.69 bits per heavy atom. The van der Waals surface area contributed by atoms with Crippen molar-refractivity contribution >= 4 is 5.91 Å². The number of nitrogens with two attached hydrogens (primary N) is 1. The van der Waals surface area contributed by atoms with Gasteiger partial charge in [-0.3, -0.25) is 4.79 Å². The van der Waals surface area contributed by atoms with Crippen molar-refractivity contribution in [1.82, 2.24) is 0 Å². The standard InChI is InChI=1S/C11H13NO/c12-11(13)10-6-2-5-9(7-10)8-3-1-4-8/h2,5-8H,1,3-4H2,(H2,12,13). The van der Waals surface area contributed by atoms with Crippen molar-refractivity contribution in [3.05, 3.63) is 35.4 Å². The van der Waals surface area contributed by atoms with Crippen LogP contribution in [0, 0.1) is 0 Å². The third kappa shape index (κ3) is 1.57. The second-order valence-electron chi connectivity index (χ2n) is 3.62. The zero-order valence-corrected chi connectivity index (χ0v) is 7.49. The Morgan fingerprint density at radius 1 is 1.38 bits per heavy atom. The van der Waals surface area contributed by atoms with Gasteiger partial charge in [0, 0.05) is 5.56 Å². The molecule has 0 bridgehead atoms. The number of rotatable bonds is 2. The number of hydrogen-bond donors (Lipinski definition) is 1. The van der Waals surface area contributed by atoms with Crippen LogP contribution in [0.5, 0.6) is 0 Å². The van der Waals surface area contributed by atoms with Gasteiger partial charge in [0.25, 0.3) is 0 Å². The molecule has 0 aromatic heterocycles. The molecule has 1 fully saturated rings. The summed E-state index contributed by atoms with van der Waals surface area (Å²) in [5, 5.41) is 0. The molecule has 0 atom stereocenters. The molecule has 2 rings (SSSR count). The van der Waals surface area contributed by atoms with Gasteiger partial charge >= 0.3 is 0 Å². The van der Waals surface area contributed by atoms with Crippen molar-refractivity contribution in [2.45, 2.75) is 25.2 Å². The number of benzene rings is 1. The van der Waals surface area contributed by atoms with Gasteiger partial charge in [0.05, 0.1) is 0 Å². The van der Waals surface area contributed by atoms with Crippen LogP contribution in [0.3, 0.4) is 0 Å². The van der Waals surface area contributed by atoms with Crippen LogP contribution in [0.1, 0.15) is 41.1 Å². The van der Waals surface area contributed by atoms with Crippen LogP contribution in [0.2, 0.25) is 0 Å². The first kappa shape index (κ1) is 8.30. The van der Waals surface area contributed by atoms with Crippen molar-refractivity contribution in [2.24, 2.45) is 5.73 Å². The first-order chi connectivity index (χ1) is 6.27. The fourth-order valence-electron chi connectivity index (χ4n) is 1.69. The van der Waals surface area contributed by atoms with Gasteiger partial charge in [0.2, 0.25) is 5.91 Å². The number of primary amides is 1. The Bertz CT molecular complexity index is 329. The Kier molecular flexibility index (Phi) is 2.05. The van der Waals surface area contributed by atoms with Crippen molar-refractivity contribution < 1.29 is 4.79 Å². The van der Waals surface area contributed by atoms with Crippen LogP contribution in [0.25, 0.3) is 0 Å². The van der Waals surface area contributed by atoms with Crippen LogP contribution in [0.15, 0.2) is 24.3 Å². The van der Waals surface area contributed by atoms with E-state index in [4.69, 9.17) is 5.73 Å². The molecule has 2 N–H and O–H groups in total. The summed E-state index contributed by atoms with van der Waals surface area (Å²) in [4.78, 5) is 10.9. The summed E-state index contributed by atoms with van der Waals surface area (Å²) in [7, 11) is 0. The molecule has 2 nitrogen and oxygen atoms in total. The lowest BCUT2D eigenvalue weighted by atomic mass is 9.80. The van der Waals surface area contributed by atoms with E-state index in [9.17, 15) is 4.79 Å². The van der Waals surface area contributed by atoms with Crippen LogP contribution in [0.4, 0.5) is 0 Å². The van der Waals surface area contributed by atoms with E-state index in [-0.39, 0.29) is 5.91 Å². The maximum absolute atomic E-state index is 10.9. The zero-order chi connectivity index (χ0) is 9.26. The molecule has 13 heavy (non-hydrogen) atoms. The molecule has 1 aliphatic carbocycles. The van der Waals surface area contributed by atoms with E-state index < -0.39 is 0 Å². The summed E-state index contributed by atoms with van der Waals surface area (Å²) in [6.07, 6.45) is 3.82. The minimum atomic E-state index is -0.332. The van der Waals surface area contributed by atoms with Gasteiger partial charge in [-0.1, -0.05) is 18.6 Å². The Balaban J connectivity index is 2.26. The number of carbonyl (C=O) groups is 1. The minimum absolute atomic E-state index is 0.332. The second-order valence-corrected chi connectivity index (χ2v) is 3.62. The summed E-state index contributed by atoms with van der Waals surface area (Å²) >= 11 is 0.